The second-order valence-electron chi connectivity index (χ2n) is 12.5. The largest absolute Gasteiger partial charge is 0.573 e. The van der Waals surface area contributed by atoms with Crippen LogP contribution < -0.4 is 10.5 Å². The van der Waals surface area contributed by atoms with Gasteiger partial charge in [0.05, 0.1) is 6.04 Å². The van der Waals surface area contributed by atoms with E-state index in [1.165, 1.54) is 17.7 Å². The van der Waals surface area contributed by atoms with Crippen molar-refractivity contribution < 1.29 is 27.5 Å². The molecule has 0 radical (unpaired) electrons. The van der Waals surface area contributed by atoms with Crippen LogP contribution in [0.1, 0.15) is 69.7 Å². The molecule has 7 nitrogen and oxygen atoms in total. The molecule has 0 spiro atoms. The molecule has 2 heterocycles. The van der Waals surface area contributed by atoms with Gasteiger partial charge < -0.3 is 20.3 Å². The number of aryl methyl sites for hydroxylation is 1. The Kier molecular flexibility index (Phi) is 9.75. The lowest BCUT2D eigenvalue weighted by atomic mass is 9.82. The first kappa shape index (κ1) is 31.7. The van der Waals surface area contributed by atoms with Crippen LogP contribution in [-0.2, 0) is 11.2 Å². The highest BCUT2D eigenvalue weighted by Gasteiger charge is 2.41. The maximum absolute atomic E-state index is 13.7. The van der Waals surface area contributed by atoms with Crippen LogP contribution in [0.4, 0.5) is 18.0 Å². The molecule has 2 unspecified atom stereocenters. The highest BCUT2D eigenvalue weighted by atomic mass is 19.4. The minimum Gasteiger partial charge on any atom is -0.406 e. The molecule has 2 atom stereocenters. The number of primary amides is 1. The third-order valence-electron chi connectivity index (χ3n) is 8.65. The smallest absolute Gasteiger partial charge is 0.406 e. The number of rotatable bonds is 7. The number of alkyl halides is 3. The van der Waals surface area contributed by atoms with Crippen LogP contribution in [0.2, 0.25) is 0 Å². The van der Waals surface area contributed by atoms with Gasteiger partial charge in [0.2, 0.25) is 5.91 Å². The Balaban J connectivity index is 1.58. The normalized spacial score (nSPS) is 19.9. The maximum atomic E-state index is 13.7. The quantitative estimate of drug-likeness (QED) is 0.432. The van der Waals surface area contributed by atoms with E-state index in [0.717, 1.165) is 30.4 Å². The molecular weight excluding hydrogens is 545 g/mol. The van der Waals surface area contributed by atoms with Crippen molar-refractivity contribution in [2.75, 3.05) is 32.7 Å². The first-order valence-electron chi connectivity index (χ1n) is 14.8. The minimum atomic E-state index is -4.75. The number of amides is 3. The summed E-state index contributed by atoms with van der Waals surface area (Å²) in [6.45, 7) is 11.5. The van der Waals surface area contributed by atoms with Crippen LogP contribution in [0.5, 0.6) is 5.75 Å². The molecule has 3 amide bonds. The van der Waals surface area contributed by atoms with E-state index in [-0.39, 0.29) is 35.1 Å². The standard InChI is InChI=1S/C32H43F3N4O3/c1-5-23-8-6-7-9-26(23)29(24-10-12-25(13-11-24)42-32(33,34)35)38-18-19-39(27(21-38)31(2,3)4)28(40)20-22-14-16-37(17-15-22)30(36)41/h6-13,22,27,29H,5,14-21H2,1-4H3,(H2,36,41). The van der Waals surface area contributed by atoms with E-state index in [1.54, 1.807) is 17.0 Å². The summed E-state index contributed by atoms with van der Waals surface area (Å²) in [4.78, 5) is 31.2. The average molecular weight is 589 g/mol. The van der Waals surface area contributed by atoms with Gasteiger partial charge in [-0.15, -0.1) is 13.2 Å². The lowest BCUT2D eigenvalue weighted by Gasteiger charge is -2.50. The monoisotopic (exact) mass is 588 g/mol. The van der Waals surface area contributed by atoms with Crippen molar-refractivity contribution in [2.24, 2.45) is 17.1 Å². The number of piperazine rings is 1. The van der Waals surface area contributed by atoms with Crippen LogP contribution >= 0.6 is 0 Å². The summed E-state index contributed by atoms with van der Waals surface area (Å²) >= 11 is 0. The number of hydrogen-bond donors (Lipinski definition) is 1. The van der Waals surface area contributed by atoms with Gasteiger partial charge in [0, 0.05) is 45.2 Å². The third kappa shape index (κ3) is 7.76. The van der Waals surface area contributed by atoms with Crippen LogP contribution in [0.25, 0.3) is 0 Å². The predicted molar refractivity (Wildman–Crippen MR) is 156 cm³/mol. The number of likely N-dealkylation sites (tertiary alicyclic amines) is 1. The molecule has 0 bridgehead atoms. The molecule has 0 saturated carbocycles. The molecule has 230 valence electrons. The van der Waals surface area contributed by atoms with Gasteiger partial charge in [-0.3, -0.25) is 9.69 Å². The van der Waals surface area contributed by atoms with Crippen LogP contribution in [0.3, 0.4) is 0 Å². The van der Waals surface area contributed by atoms with Gasteiger partial charge in [0.1, 0.15) is 5.75 Å². The summed E-state index contributed by atoms with van der Waals surface area (Å²) in [5.41, 5.74) is 8.37. The zero-order valence-electron chi connectivity index (χ0n) is 25.0. The van der Waals surface area contributed by atoms with Crippen LogP contribution in [-0.4, -0.2) is 71.8 Å². The second-order valence-corrected chi connectivity index (χ2v) is 12.5. The number of carbonyl (C=O) groups is 2. The van der Waals surface area contributed by atoms with E-state index in [9.17, 15) is 22.8 Å². The fourth-order valence-corrected chi connectivity index (χ4v) is 6.36. The Morgan fingerprint density at radius 1 is 0.976 bits per heavy atom. The Hall–Kier alpha value is -3.27. The number of benzene rings is 2. The number of piperidine rings is 1. The molecule has 42 heavy (non-hydrogen) atoms. The van der Waals surface area contributed by atoms with Crippen molar-refractivity contribution in [3.8, 4) is 5.75 Å². The second kappa shape index (κ2) is 12.9. The number of hydrogen-bond acceptors (Lipinski definition) is 4. The topological polar surface area (TPSA) is 79.1 Å². The van der Waals surface area contributed by atoms with Crippen LogP contribution in [0.15, 0.2) is 48.5 Å². The van der Waals surface area contributed by atoms with Gasteiger partial charge >= 0.3 is 12.4 Å². The zero-order valence-corrected chi connectivity index (χ0v) is 25.0. The fourth-order valence-electron chi connectivity index (χ4n) is 6.36. The minimum absolute atomic E-state index is 0.0615. The molecule has 0 aromatic heterocycles. The van der Waals surface area contributed by atoms with Crippen molar-refractivity contribution in [1.29, 1.82) is 0 Å². The van der Waals surface area contributed by atoms with E-state index in [0.29, 0.717) is 39.1 Å². The molecule has 2 saturated heterocycles. The van der Waals surface area contributed by atoms with Crippen molar-refractivity contribution in [3.63, 3.8) is 0 Å². The first-order chi connectivity index (χ1) is 19.8. The van der Waals surface area contributed by atoms with Gasteiger partial charge in [-0.1, -0.05) is 64.1 Å². The Bertz CT molecular complexity index is 1220. The Labute approximate surface area is 246 Å². The molecule has 10 heteroatoms. The molecule has 2 aromatic carbocycles. The molecule has 2 aliphatic heterocycles. The molecule has 2 N–H and O–H groups in total. The first-order valence-corrected chi connectivity index (χ1v) is 14.8. The summed E-state index contributed by atoms with van der Waals surface area (Å²) in [5.74, 6) is 0.0954. The summed E-state index contributed by atoms with van der Waals surface area (Å²) in [5, 5.41) is 0. The average Bonchev–Trinajstić information content (AvgIpc) is 2.93. The summed E-state index contributed by atoms with van der Waals surface area (Å²) in [6.07, 6.45) is -1.96. The van der Waals surface area contributed by atoms with Gasteiger partial charge in [-0.25, -0.2) is 4.79 Å². The highest BCUT2D eigenvalue weighted by molar-refractivity contribution is 5.77. The number of ether oxygens (including phenoxy) is 1. The highest BCUT2D eigenvalue weighted by Crippen LogP contribution is 2.38. The van der Waals surface area contributed by atoms with Crippen molar-refractivity contribution in [3.05, 3.63) is 65.2 Å². The lowest BCUT2D eigenvalue weighted by molar-refractivity contribution is -0.274. The summed E-state index contributed by atoms with van der Waals surface area (Å²) in [7, 11) is 0. The van der Waals surface area contributed by atoms with Crippen molar-refractivity contribution in [2.45, 2.75) is 71.8 Å². The van der Waals surface area contributed by atoms with Gasteiger partial charge in [0.15, 0.2) is 0 Å². The third-order valence-corrected chi connectivity index (χ3v) is 8.65. The number of nitrogens with zero attached hydrogens (tertiary/aromatic N) is 3. The zero-order chi connectivity index (χ0) is 30.7. The van der Waals surface area contributed by atoms with E-state index in [2.05, 4.69) is 49.5 Å². The maximum Gasteiger partial charge on any atom is 0.573 e. The van der Waals surface area contributed by atoms with Crippen molar-refractivity contribution in [1.82, 2.24) is 14.7 Å². The predicted octanol–water partition coefficient (Wildman–Crippen LogP) is 5.98. The van der Waals surface area contributed by atoms with Crippen molar-refractivity contribution >= 4 is 11.9 Å². The number of urea groups is 1. The van der Waals surface area contributed by atoms with Gasteiger partial charge in [-0.2, -0.15) is 0 Å². The molecule has 0 aliphatic carbocycles. The van der Waals surface area contributed by atoms with E-state index in [1.807, 2.05) is 17.0 Å². The number of carbonyl (C=O) groups excluding carboxylic acids is 2. The molecule has 2 aliphatic rings. The molecule has 4 rings (SSSR count). The number of nitrogens with two attached hydrogens (primary N) is 1. The summed E-state index contributed by atoms with van der Waals surface area (Å²) in [6, 6.07) is 13.7. The van der Waals surface area contributed by atoms with E-state index >= 15 is 0 Å². The fraction of sp³-hybridized carbons (Fsp3) is 0.562. The molecule has 2 fully saturated rings. The molecular formula is C32H43F3N4O3. The van der Waals surface area contributed by atoms with Gasteiger partial charge in [-0.05, 0) is 59.4 Å². The Morgan fingerprint density at radius 2 is 1.62 bits per heavy atom. The SMILES string of the molecule is CCc1ccccc1C(c1ccc(OC(F)(F)F)cc1)N1CCN(C(=O)CC2CCN(C(N)=O)CC2)C(C(C)(C)C)C1. The van der Waals surface area contributed by atoms with E-state index < -0.39 is 12.4 Å². The van der Waals surface area contributed by atoms with Crippen LogP contribution in [0, 0.1) is 11.3 Å². The van der Waals surface area contributed by atoms with Gasteiger partial charge in [0.25, 0.3) is 0 Å². The lowest BCUT2D eigenvalue weighted by Crippen LogP contribution is -2.60. The number of halogens is 3. The van der Waals surface area contributed by atoms with E-state index in [4.69, 9.17) is 5.73 Å². The molecule has 2 aromatic rings. The summed E-state index contributed by atoms with van der Waals surface area (Å²) < 4.78 is 42.6. The Morgan fingerprint density at radius 3 is 2.19 bits per heavy atom.